The summed E-state index contributed by atoms with van der Waals surface area (Å²) in [5, 5.41) is 0. The zero-order chi connectivity index (χ0) is 14.5. The molecule has 0 unspecified atom stereocenters. The van der Waals surface area contributed by atoms with Crippen LogP contribution in [0.25, 0.3) is 0 Å². The van der Waals surface area contributed by atoms with Crippen LogP contribution in [-0.4, -0.2) is 38.5 Å². The van der Waals surface area contributed by atoms with Crippen molar-refractivity contribution < 1.29 is 9.47 Å². The van der Waals surface area contributed by atoms with Gasteiger partial charge in [-0.2, -0.15) is 0 Å². The van der Waals surface area contributed by atoms with E-state index in [2.05, 4.69) is 0 Å². The van der Waals surface area contributed by atoms with E-state index in [1.54, 1.807) is 0 Å². The van der Waals surface area contributed by atoms with Gasteiger partial charge in [-0.25, -0.2) is 0 Å². The molecule has 120 valence electrons. The lowest BCUT2D eigenvalue weighted by Crippen LogP contribution is -2.40. The Morgan fingerprint density at radius 3 is 1.90 bits per heavy atom. The van der Waals surface area contributed by atoms with Gasteiger partial charge in [-0.3, -0.25) is 0 Å². The Morgan fingerprint density at radius 1 is 0.750 bits per heavy atom. The number of nitrogens with two attached hydrogens (primary N) is 2. The molecule has 1 rings (SSSR count). The van der Waals surface area contributed by atoms with Gasteiger partial charge in [0.05, 0.1) is 0 Å². The van der Waals surface area contributed by atoms with Crippen LogP contribution >= 0.6 is 0 Å². The molecule has 0 bridgehead atoms. The summed E-state index contributed by atoms with van der Waals surface area (Å²) in [5.41, 5.74) is 11.9. The third-order valence-corrected chi connectivity index (χ3v) is 4.16. The zero-order valence-corrected chi connectivity index (χ0v) is 13.1. The van der Waals surface area contributed by atoms with Gasteiger partial charge in [0.1, 0.15) is 0 Å². The molecule has 20 heavy (non-hydrogen) atoms. The van der Waals surface area contributed by atoms with Crippen molar-refractivity contribution in [2.75, 3.05) is 33.0 Å². The summed E-state index contributed by atoms with van der Waals surface area (Å²) >= 11 is 0. The van der Waals surface area contributed by atoms with E-state index in [-0.39, 0.29) is 5.54 Å². The molecule has 1 saturated carbocycles. The van der Waals surface area contributed by atoms with Gasteiger partial charge < -0.3 is 20.9 Å². The van der Waals surface area contributed by atoms with Gasteiger partial charge in [0.25, 0.3) is 0 Å². The highest BCUT2D eigenvalue weighted by Crippen LogP contribution is 2.27. The summed E-state index contributed by atoms with van der Waals surface area (Å²) in [6.45, 7) is 3.96. The standard InChI is InChI=1S/C16H34N2O2/c17-11-7-14-19-12-5-6-13-20-15-10-16(18)8-3-1-2-4-9-16/h1-15,17-18H2. The lowest BCUT2D eigenvalue weighted by molar-refractivity contribution is 0.0910. The Bertz CT molecular complexity index is 217. The minimum atomic E-state index is 0.0435. The van der Waals surface area contributed by atoms with Crippen LogP contribution in [0, 0.1) is 0 Å². The van der Waals surface area contributed by atoms with Crippen molar-refractivity contribution in [3.63, 3.8) is 0 Å². The van der Waals surface area contributed by atoms with E-state index in [1.807, 2.05) is 0 Å². The van der Waals surface area contributed by atoms with Crippen molar-refractivity contribution in [3.8, 4) is 0 Å². The Hall–Kier alpha value is -0.160. The van der Waals surface area contributed by atoms with Crippen molar-refractivity contribution in [2.24, 2.45) is 11.5 Å². The van der Waals surface area contributed by atoms with Gasteiger partial charge in [0.15, 0.2) is 0 Å². The third kappa shape index (κ3) is 8.90. The van der Waals surface area contributed by atoms with E-state index in [1.165, 1.54) is 38.5 Å². The molecule has 0 heterocycles. The fourth-order valence-electron chi connectivity index (χ4n) is 2.76. The van der Waals surface area contributed by atoms with Crippen LogP contribution in [0.4, 0.5) is 0 Å². The molecule has 4 heteroatoms. The molecule has 0 aromatic carbocycles. The first-order valence-corrected chi connectivity index (χ1v) is 8.41. The molecule has 1 aliphatic rings. The first-order valence-electron chi connectivity index (χ1n) is 8.41. The average molecular weight is 286 g/mol. The average Bonchev–Trinajstić information content (AvgIpc) is 2.66. The van der Waals surface area contributed by atoms with E-state index in [0.717, 1.165) is 52.1 Å². The second-order valence-electron chi connectivity index (χ2n) is 6.10. The van der Waals surface area contributed by atoms with Crippen LogP contribution in [0.2, 0.25) is 0 Å². The quantitative estimate of drug-likeness (QED) is 0.452. The number of hydrogen-bond donors (Lipinski definition) is 2. The highest BCUT2D eigenvalue weighted by atomic mass is 16.5. The zero-order valence-electron chi connectivity index (χ0n) is 13.1. The fraction of sp³-hybridized carbons (Fsp3) is 1.00. The van der Waals surface area contributed by atoms with Crippen molar-refractivity contribution in [2.45, 2.75) is 69.7 Å². The number of unbranched alkanes of at least 4 members (excludes halogenated alkanes) is 1. The molecular weight excluding hydrogens is 252 g/mol. The van der Waals surface area contributed by atoms with Gasteiger partial charge in [-0.1, -0.05) is 25.7 Å². The Morgan fingerprint density at radius 2 is 1.30 bits per heavy atom. The Kier molecular flexibility index (Phi) is 10.3. The topological polar surface area (TPSA) is 70.5 Å². The molecule has 0 spiro atoms. The van der Waals surface area contributed by atoms with E-state index < -0.39 is 0 Å². The van der Waals surface area contributed by atoms with Gasteiger partial charge in [-0.05, 0) is 45.1 Å². The van der Waals surface area contributed by atoms with Gasteiger partial charge >= 0.3 is 0 Å². The van der Waals surface area contributed by atoms with Crippen molar-refractivity contribution >= 4 is 0 Å². The SMILES string of the molecule is NCCCOCCCCOCCC1(N)CCCCCC1. The van der Waals surface area contributed by atoms with Gasteiger partial charge in [0, 0.05) is 32.0 Å². The third-order valence-electron chi connectivity index (χ3n) is 4.16. The lowest BCUT2D eigenvalue weighted by Gasteiger charge is -2.27. The summed E-state index contributed by atoms with van der Waals surface area (Å²) < 4.78 is 11.2. The molecule has 1 aliphatic carbocycles. The number of rotatable bonds is 11. The summed E-state index contributed by atoms with van der Waals surface area (Å²) in [6.07, 6.45) is 11.7. The highest BCUT2D eigenvalue weighted by molar-refractivity contribution is 4.85. The molecule has 0 atom stereocenters. The molecule has 0 radical (unpaired) electrons. The van der Waals surface area contributed by atoms with E-state index in [9.17, 15) is 0 Å². The van der Waals surface area contributed by atoms with Crippen LogP contribution in [0.3, 0.4) is 0 Å². The fourth-order valence-corrected chi connectivity index (χ4v) is 2.76. The van der Waals surface area contributed by atoms with Crippen molar-refractivity contribution in [1.82, 2.24) is 0 Å². The predicted octanol–water partition coefficient (Wildman–Crippen LogP) is 2.59. The second kappa shape index (κ2) is 11.5. The molecule has 4 nitrogen and oxygen atoms in total. The second-order valence-corrected chi connectivity index (χ2v) is 6.10. The van der Waals surface area contributed by atoms with Crippen LogP contribution in [0.15, 0.2) is 0 Å². The predicted molar refractivity (Wildman–Crippen MR) is 83.8 cm³/mol. The molecule has 4 N–H and O–H groups in total. The van der Waals surface area contributed by atoms with Crippen LogP contribution in [-0.2, 0) is 9.47 Å². The van der Waals surface area contributed by atoms with Crippen LogP contribution < -0.4 is 11.5 Å². The van der Waals surface area contributed by atoms with Crippen molar-refractivity contribution in [3.05, 3.63) is 0 Å². The van der Waals surface area contributed by atoms with Crippen LogP contribution in [0.5, 0.6) is 0 Å². The first-order chi connectivity index (χ1) is 9.77. The molecule has 0 aliphatic heterocycles. The molecular formula is C16H34N2O2. The van der Waals surface area contributed by atoms with Gasteiger partial charge in [0.2, 0.25) is 0 Å². The summed E-state index contributed by atoms with van der Waals surface area (Å²) in [4.78, 5) is 0. The smallest absolute Gasteiger partial charge is 0.0483 e. The number of hydrogen-bond acceptors (Lipinski definition) is 4. The summed E-state index contributed by atoms with van der Waals surface area (Å²) in [5.74, 6) is 0. The normalized spacial score (nSPS) is 18.9. The largest absolute Gasteiger partial charge is 0.381 e. The lowest BCUT2D eigenvalue weighted by atomic mass is 9.88. The molecule has 0 saturated heterocycles. The maximum atomic E-state index is 6.46. The maximum Gasteiger partial charge on any atom is 0.0483 e. The number of ether oxygens (including phenoxy) is 2. The minimum absolute atomic E-state index is 0.0435. The summed E-state index contributed by atoms with van der Waals surface area (Å²) in [7, 11) is 0. The highest BCUT2D eigenvalue weighted by Gasteiger charge is 2.25. The molecule has 0 aromatic rings. The van der Waals surface area contributed by atoms with Gasteiger partial charge in [-0.15, -0.1) is 0 Å². The van der Waals surface area contributed by atoms with Crippen molar-refractivity contribution in [1.29, 1.82) is 0 Å². The monoisotopic (exact) mass is 286 g/mol. The Labute approximate surface area is 124 Å². The van der Waals surface area contributed by atoms with Crippen LogP contribution in [0.1, 0.15) is 64.2 Å². The molecule has 0 aromatic heterocycles. The van der Waals surface area contributed by atoms with E-state index in [4.69, 9.17) is 20.9 Å². The summed E-state index contributed by atoms with van der Waals surface area (Å²) in [6, 6.07) is 0. The molecule has 1 fully saturated rings. The van der Waals surface area contributed by atoms with E-state index in [0.29, 0.717) is 6.54 Å². The Balaban J connectivity index is 1.88. The maximum absolute atomic E-state index is 6.46. The minimum Gasteiger partial charge on any atom is -0.381 e. The molecule has 0 amide bonds. The van der Waals surface area contributed by atoms with E-state index >= 15 is 0 Å². The first kappa shape index (κ1) is 17.9.